The maximum atomic E-state index is 5.79. The summed E-state index contributed by atoms with van der Waals surface area (Å²) in [5.41, 5.74) is 7.57. The quantitative estimate of drug-likeness (QED) is 0.821. The number of nitrogens with two attached hydrogens (primary N) is 1. The highest BCUT2D eigenvalue weighted by atomic mass is 127. The Balaban J connectivity index is 2.60. The topological polar surface area (TPSA) is 64.9 Å². The van der Waals surface area contributed by atoms with Crippen molar-refractivity contribution in [3.05, 3.63) is 27.4 Å². The molecule has 0 saturated heterocycles. The molecule has 0 radical (unpaired) electrons. The molecule has 0 saturated carbocycles. The van der Waals surface area contributed by atoms with E-state index in [0.717, 1.165) is 20.6 Å². The van der Waals surface area contributed by atoms with Crippen LogP contribution in [0.25, 0.3) is 11.4 Å². The van der Waals surface area contributed by atoms with Crippen molar-refractivity contribution in [1.29, 1.82) is 0 Å². The molecule has 78 valence electrons. The highest BCUT2D eigenvalue weighted by Gasteiger charge is 2.11. The van der Waals surface area contributed by atoms with Crippen molar-refractivity contribution in [2.45, 2.75) is 13.8 Å². The average Bonchev–Trinajstić information content (AvgIpc) is 2.60. The van der Waals surface area contributed by atoms with Gasteiger partial charge in [-0.2, -0.15) is 0 Å². The number of furan rings is 1. The largest absolute Gasteiger partial charge is 0.469 e. The number of anilines is 1. The third kappa shape index (κ3) is 1.83. The molecule has 0 aliphatic carbocycles. The smallest absolute Gasteiger partial charge is 0.165 e. The van der Waals surface area contributed by atoms with Crippen LogP contribution in [0.3, 0.4) is 0 Å². The predicted molar refractivity (Wildman–Crippen MR) is 66.3 cm³/mol. The number of hydrogen-bond acceptors (Lipinski definition) is 4. The van der Waals surface area contributed by atoms with Crippen LogP contribution in [0.2, 0.25) is 0 Å². The molecule has 0 aliphatic heterocycles. The zero-order valence-electron chi connectivity index (χ0n) is 8.41. The van der Waals surface area contributed by atoms with Crippen molar-refractivity contribution in [3.63, 3.8) is 0 Å². The van der Waals surface area contributed by atoms with Crippen molar-refractivity contribution in [1.82, 2.24) is 9.97 Å². The first-order chi connectivity index (χ1) is 7.09. The second-order valence-corrected chi connectivity index (χ2v) is 4.30. The van der Waals surface area contributed by atoms with Crippen LogP contribution in [-0.4, -0.2) is 9.97 Å². The van der Waals surface area contributed by atoms with Crippen LogP contribution in [0.1, 0.15) is 11.5 Å². The Morgan fingerprint density at radius 3 is 2.60 bits per heavy atom. The Kier molecular flexibility index (Phi) is 2.64. The third-order valence-corrected chi connectivity index (χ3v) is 3.48. The summed E-state index contributed by atoms with van der Waals surface area (Å²) in [7, 11) is 0. The summed E-state index contributed by atoms with van der Waals surface area (Å²) in [5.74, 6) is 1.94. The van der Waals surface area contributed by atoms with Gasteiger partial charge < -0.3 is 10.2 Å². The van der Waals surface area contributed by atoms with E-state index in [1.807, 2.05) is 19.9 Å². The van der Waals surface area contributed by atoms with Crippen molar-refractivity contribution in [2.24, 2.45) is 0 Å². The van der Waals surface area contributed by atoms with Gasteiger partial charge >= 0.3 is 0 Å². The average molecular weight is 315 g/mol. The van der Waals surface area contributed by atoms with Crippen LogP contribution >= 0.6 is 22.6 Å². The second kappa shape index (κ2) is 3.80. The fourth-order valence-electron chi connectivity index (χ4n) is 1.32. The molecular weight excluding hydrogens is 305 g/mol. The fraction of sp³-hybridized carbons (Fsp3) is 0.200. The monoisotopic (exact) mass is 315 g/mol. The summed E-state index contributed by atoms with van der Waals surface area (Å²) in [6.45, 7) is 3.79. The lowest BCUT2D eigenvalue weighted by atomic mass is 10.2. The number of aryl methyl sites for hydroxylation is 2. The van der Waals surface area contributed by atoms with Gasteiger partial charge in [-0.25, -0.2) is 9.97 Å². The van der Waals surface area contributed by atoms with Crippen LogP contribution in [0, 0.1) is 17.4 Å². The number of rotatable bonds is 1. The van der Waals surface area contributed by atoms with E-state index in [0.29, 0.717) is 11.6 Å². The van der Waals surface area contributed by atoms with Crippen LogP contribution in [-0.2, 0) is 0 Å². The van der Waals surface area contributed by atoms with Gasteiger partial charge in [0.05, 0.1) is 21.1 Å². The number of halogens is 1. The molecule has 0 bridgehead atoms. The van der Waals surface area contributed by atoms with E-state index in [2.05, 4.69) is 32.6 Å². The maximum Gasteiger partial charge on any atom is 0.165 e. The molecule has 0 aliphatic rings. The van der Waals surface area contributed by atoms with E-state index in [1.54, 1.807) is 6.26 Å². The first-order valence-electron chi connectivity index (χ1n) is 4.43. The minimum Gasteiger partial charge on any atom is -0.469 e. The standard InChI is InChI=1S/C10H10IN3O/c1-5-8(11)9(12)14-10(13-5)7-3-4-15-6(7)2/h3-4H,1-2H3,(H2,12,13,14). The molecule has 0 amide bonds. The fourth-order valence-corrected chi connectivity index (χ4v) is 1.56. The van der Waals surface area contributed by atoms with E-state index in [-0.39, 0.29) is 0 Å². The Labute approximate surface area is 101 Å². The number of nitrogens with zero attached hydrogens (tertiary/aromatic N) is 2. The Morgan fingerprint density at radius 1 is 1.33 bits per heavy atom. The minimum absolute atomic E-state index is 0.513. The Morgan fingerprint density at radius 2 is 2.07 bits per heavy atom. The third-order valence-electron chi connectivity index (χ3n) is 2.14. The van der Waals surface area contributed by atoms with Crippen LogP contribution < -0.4 is 5.73 Å². The Hall–Kier alpha value is -1.11. The van der Waals surface area contributed by atoms with E-state index in [1.165, 1.54) is 0 Å². The minimum atomic E-state index is 0.513. The molecule has 0 spiro atoms. The lowest BCUT2D eigenvalue weighted by Crippen LogP contribution is -2.02. The first kappa shape index (κ1) is 10.4. The van der Waals surface area contributed by atoms with Gasteiger partial charge in [0.15, 0.2) is 5.82 Å². The number of aromatic nitrogens is 2. The predicted octanol–water partition coefficient (Wildman–Crippen LogP) is 2.54. The summed E-state index contributed by atoms with van der Waals surface area (Å²) < 4.78 is 6.11. The highest BCUT2D eigenvalue weighted by Crippen LogP contribution is 2.24. The van der Waals surface area contributed by atoms with Gasteiger partial charge in [0.1, 0.15) is 11.6 Å². The van der Waals surface area contributed by atoms with Crippen LogP contribution in [0.5, 0.6) is 0 Å². The van der Waals surface area contributed by atoms with Gasteiger partial charge in [0.25, 0.3) is 0 Å². The highest BCUT2D eigenvalue weighted by molar-refractivity contribution is 14.1. The van der Waals surface area contributed by atoms with Gasteiger partial charge in [-0.1, -0.05) is 0 Å². The molecule has 2 heterocycles. The molecule has 2 rings (SSSR count). The van der Waals surface area contributed by atoms with Crippen LogP contribution in [0.15, 0.2) is 16.7 Å². The zero-order valence-corrected chi connectivity index (χ0v) is 10.6. The van der Waals surface area contributed by atoms with Gasteiger partial charge in [-0.3, -0.25) is 0 Å². The summed E-state index contributed by atoms with van der Waals surface area (Å²) in [5, 5.41) is 0. The summed E-state index contributed by atoms with van der Waals surface area (Å²) >= 11 is 2.14. The second-order valence-electron chi connectivity index (χ2n) is 3.22. The van der Waals surface area contributed by atoms with Gasteiger partial charge in [-0.15, -0.1) is 0 Å². The van der Waals surface area contributed by atoms with Crippen molar-refractivity contribution in [3.8, 4) is 11.4 Å². The van der Waals surface area contributed by atoms with Crippen LogP contribution in [0.4, 0.5) is 5.82 Å². The van der Waals surface area contributed by atoms with Crippen molar-refractivity contribution >= 4 is 28.4 Å². The number of hydrogen-bond donors (Lipinski definition) is 1. The van der Waals surface area contributed by atoms with Crippen molar-refractivity contribution in [2.75, 3.05) is 5.73 Å². The van der Waals surface area contributed by atoms with Gasteiger partial charge in [0.2, 0.25) is 0 Å². The first-order valence-corrected chi connectivity index (χ1v) is 5.51. The molecule has 5 heteroatoms. The van der Waals surface area contributed by atoms with E-state index in [4.69, 9.17) is 10.2 Å². The molecule has 4 nitrogen and oxygen atoms in total. The lowest BCUT2D eigenvalue weighted by molar-refractivity contribution is 0.535. The molecule has 0 fully saturated rings. The molecule has 2 aromatic rings. The van der Waals surface area contributed by atoms with Gasteiger partial charge in [-0.05, 0) is 42.5 Å². The number of nitrogen functional groups attached to an aromatic ring is 1. The molecule has 0 unspecified atom stereocenters. The van der Waals surface area contributed by atoms with Crippen molar-refractivity contribution < 1.29 is 4.42 Å². The lowest BCUT2D eigenvalue weighted by Gasteiger charge is -2.04. The molecule has 2 N–H and O–H groups in total. The molecule has 0 aromatic carbocycles. The zero-order chi connectivity index (χ0) is 11.0. The van der Waals surface area contributed by atoms with Gasteiger partial charge in [0, 0.05) is 0 Å². The van der Waals surface area contributed by atoms with E-state index in [9.17, 15) is 0 Å². The Bertz CT molecular complexity index is 484. The molecule has 2 aromatic heterocycles. The summed E-state index contributed by atoms with van der Waals surface area (Å²) in [6.07, 6.45) is 1.62. The molecule has 0 atom stereocenters. The normalized spacial score (nSPS) is 10.6. The van der Waals surface area contributed by atoms with E-state index >= 15 is 0 Å². The van der Waals surface area contributed by atoms with E-state index < -0.39 is 0 Å². The SMILES string of the molecule is Cc1nc(-c2ccoc2C)nc(N)c1I. The summed E-state index contributed by atoms with van der Waals surface area (Å²) in [4.78, 5) is 8.61. The molecule has 15 heavy (non-hydrogen) atoms. The summed E-state index contributed by atoms with van der Waals surface area (Å²) in [6, 6.07) is 1.84. The molecular formula is C10H10IN3O. The maximum absolute atomic E-state index is 5.79.